The molecule has 12 heteroatoms. The van der Waals surface area contributed by atoms with Crippen LogP contribution in [0.3, 0.4) is 0 Å². The van der Waals surface area contributed by atoms with Gasteiger partial charge in [-0.3, -0.25) is 9.69 Å². The summed E-state index contributed by atoms with van der Waals surface area (Å²) >= 11 is 0. The Hall–Kier alpha value is -4.29. The average molecular weight is 510 g/mol. The lowest BCUT2D eigenvalue weighted by molar-refractivity contribution is -0.452. The number of amides is 1. The van der Waals surface area contributed by atoms with Crippen molar-refractivity contribution in [2.75, 3.05) is 50.0 Å². The SMILES string of the molecule is C=CC(=O)Nc1ccc(F)c(Oc2nc(NC(C=[NH+]CCCN3CCOCC3)=CN)nn3cccc23)c1. The van der Waals surface area contributed by atoms with Crippen LogP contribution in [-0.2, 0) is 9.53 Å². The average Bonchev–Trinajstić information content (AvgIpc) is 3.39. The van der Waals surface area contributed by atoms with Crippen molar-refractivity contribution in [3.8, 4) is 11.6 Å². The highest BCUT2D eigenvalue weighted by Gasteiger charge is 2.15. The summed E-state index contributed by atoms with van der Waals surface area (Å²) in [6.45, 7) is 8.65. The number of nitrogens with zero attached hydrogens (tertiary/aromatic N) is 4. The second kappa shape index (κ2) is 12.6. The number of benzene rings is 1. The second-order valence-electron chi connectivity index (χ2n) is 8.17. The highest BCUT2D eigenvalue weighted by atomic mass is 19.1. The lowest BCUT2D eigenvalue weighted by atomic mass is 10.3. The Labute approximate surface area is 213 Å². The zero-order valence-electron chi connectivity index (χ0n) is 20.3. The van der Waals surface area contributed by atoms with Crippen LogP contribution in [0, 0.1) is 5.82 Å². The van der Waals surface area contributed by atoms with Gasteiger partial charge in [-0.1, -0.05) is 6.58 Å². The van der Waals surface area contributed by atoms with E-state index < -0.39 is 11.7 Å². The summed E-state index contributed by atoms with van der Waals surface area (Å²) in [4.78, 5) is 21.6. The molecule has 3 heterocycles. The summed E-state index contributed by atoms with van der Waals surface area (Å²) in [6, 6.07) is 7.48. The van der Waals surface area contributed by atoms with Crippen LogP contribution in [0.25, 0.3) is 5.52 Å². The van der Waals surface area contributed by atoms with E-state index in [-0.39, 0.29) is 17.6 Å². The number of rotatable bonds is 11. The van der Waals surface area contributed by atoms with Crippen LogP contribution in [0.4, 0.5) is 16.0 Å². The maximum Gasteiger partial charge on any atom is 0.248 e. The lowest BCUT2D eigenvalue weighted by Crippen LogP contribution is -2.70. The van der Waals surface area contributed by atoms with Crippen molar-refractivity contribution in [1.82, 2.24) is 19.5 Å². The van der Waals surface area contributed by atoms with Crippen LogP contribution < -0.4 is 26.1 Å². The molecule has 2 aromatic heterocycles. The van der Waals surface area contributed by atoms with Crippen molar-refractivity contribution < 1.29 is 23.7 Å². The first kappa shape index (κ1) is 25.8. The molecule has 0 bridgehead atoms. The zero-order chi connectivity index (χ0) is 26.0. The Bertz CT molecular complexity index is 1300. The van der Waals surface area contributed by atoms with Crippen molar-refractivity contribution >= 4 is 29.3 Å². The van der Waals surface area contributed by atoms with Gasteiger partial charge >= 0.3 is 0 Å². The topological polar surface area (TPSA) is 133 Å². The number of hydrogen-bond donors (Lipinski definition) is 4. The van der Waals surface area contributed by atoms with Gasteiger partial charge in [0.15, 0.2) is 17.8 Å². The van der Waals surface area contributed by atoms with Gasteiger partial charge in [-0.2, -0.15) is 4.98 Å². The number of aromatic nitrogens is 3. The number of anilines is 2. The summed E-state index contributed by atoms with van der Waals surface area (Å²) in [6.07, 6.45) is 6.94. The highest BCUT2D eigenvalue weighted by molar-refractivity contribution is 5.98. The molecule has 1 aliphatic rings. The molecule has 1 aliphatic heterocycles. The fourth-order valence-corrected chi connectivity index (χ4v) is 3.66. The van der Waals surface area contributed by atoms with E-state index in [2.05, 4.69) is 37.2 Å². The highest BCUT2D eigenvalue weighted by Crippen LogP contribution is 2.29. The van der Waals surface area contributed by atoms with Gasteiger partial charge in [0, 0.05) is 50.2 Å². The van der Waals surface area contributed by atoms with Crippen LogP contribution >= 0.6 is 0 Å². The van der Waals surface area contributed by atoms with Crippen molar-refractivity contribution in [3.63, 3.8) is 0 Å². The van der Waals surface area contributed by atoms with E-state index in [0.717, 1.165) is 51.9 Å². The van der Waals surface area contributed by atoms with Crippen LogP contribution in [-0.4, -0.2) is 71.0 Å². The number of nitrogens with one attached hydrogen (secondary N) is 3. The standard InChI is InChI=1S/C25H29FN8O3/c1-2-23(35)29-18-6-7-20(26)22(15-18)37-24-21-5-3-10-34(21)32-25(31-24)30-19(16-27)17-28-8-4-9-33-11-13-36-14-12-33/h2-3,5-7,10,15-17H,1,4,8-9,11-14,27H2,(H,29,35)(H,30,32)/p+1. The van der Waals surface area contributed by atoms with Gasteiger partial charge in [-0.25, -0.2) is 13.9 Å². The first-order valence-corrected chi connectivity index (χ1v) is 11.9. The molecule has 5 N–H and O–H groups in total. The molecule has 11 nitrogen and oxygen atoms in total. The van der Waals surface area contributed by atoms with E-state index in [1.807, 2.05) is 0 Å². The van der Waals surface area contributed by atoms with Gasteiger partial charge < -0.3 is 25.8 Å². The number of allylic oxidation sites excluding steroid dienone is 1. The Morgan fingerprint density at radius 3 is 2.92 bits per heavy atom. The fourth-order valence-electron chi connectivity index (χ4n) is 3.66. The van der Waals surface area contributed by atoms with Gasteiger partial charge in [0.1, 0.15) is 17.8 Å². The van der Waals surface area contributed by atoms with E-state index in [1.165, 1.54) is 24.4 Å². The predicted octanol–water partition coefficient (Wildman–Crippen LogP) is 0.871. The smallest absolute Gasteiger partial charge is 0.248 e. The van der Waals surface area contributed by atoms with Crippen molar-refractivity contribution in [2.45, 2.75) is 6.42 Å². The van der Waals surface area contributed by atoms with E-state index in [1.54, 1.807) is 29.1 Å². The molecule has 0 radical (unpaired) electrons. The number of halogens is 1. The summed E-state index contributed by atoms with van der Waals surface area (Å²) in [5.41, 5.74) is 7.21. The van der Waals surface area contributed by atoms with Crippen LogP contribution in [0.15, 0.2) is 61.1 Å². The summed E-state index contributed by atoms with van der Waals surface area (Å²) < 4.78 is 27.2. The first-order valence-electron chi connectivity index (χ1n) is 11.9. The molecule has 0 saturated carbocycles. The number of morpholine rings is 1. The third kappa shape index (κ3) is 7.12. The molecule has 37 heavy (non-hydrogen) atoms. The van der Waals surface area contributed by atoms with Crippen molar-refractivity contribution in [2.24, 2.45) is 5.73 Å². The summed E-state index contributed by atoms with van der Waals surface area (Å²) in [5.74, 6) is -0.849. The van der Waals surface area contributed by atoms with E-state index in [0.29, 0.717) is 16.9 Å². The third-order valence-electron chi connectivity index (χ3n) is 5.54. The maximum atomic E-state index is 14.5. The largest absolute Gasteiger partial charge is 0.434 e. The third-order valence-corrected chi connectivity index (χ3v) is 5.54. The maximum absolute atomic E-state index is 14.5. The Kier molecular flexibility index (Phi) is 8.79. The molecule has 4 rings (SSSR count). The molecular weight excluding hydrogens is 479 g/mol. The van der Waals surface area contributed by atoms with Crippen molar-refractivity contribution in [3.05, 3.63) is 66.9 Å². The lowest BCUT2D eigenvalue weighted by Gasteiger charge is -2.25. The molecule has 1 fully saturated rings. The van der Waals surface area contributed by atoms with Crippen LogP contribution in [0.2, 0.25) is 0 Å². The Morgan fingerprint density at radius 2 is 2.14 bits per heavy atom. The first-order chi connectivity index (χ1) is 18.1. The molecular formula is C25H30FN8O3+. The number of nitrogens with two attached hydrogens (primary N) is 1. The van der Waals surface area contributed by atoms with E-state index in [4.69, 9.17) is 15.2 Å². The van der Waals surface area contributed by atoms with E-state index in [9.17, 15) is 9.18 Å². The summed E-state index contributed by atoms with van der Waals surface area (Å²) in [7, 11) is 0. The minimum absolute atomic E-state index is 0.113. The summed E-state index contributed by atoms with van der Waals surface area (Å²) in [5, 5.41) is 10.0. The molecule has 1 amide bonds. The Balaban J connectivity index is 1.44. The molecule has 3 aromatic rings. The van der Waals surface area contributed by atoms with Gasteiger partial charge in [0.25, 0.3) is 0 Å². The fraction of sp³-hybridized carbons (Fsp3) is 0.280. The number of ether oxygens (including phenoxy) is 2. The van der Waals surface area contributed by atoms with Gasteiger partial charge in [-0.15, -0.1) is 5.10 Å². The molecule has 1 aromatic carbocycles. The molecule has 0 spiro atoms. The normalized spacial score (nSPS) is 14.7. The zero-order valence-corrected chi connectivity index (χ0v) is 20.3. The van der Waals surface area contributed by atoms with E-state index >= 15 is 0 Å². The second-order valence-corrected chi connectivity index (χ2v) is 8.17. The number of carbonyl (C=O) groups is 1. The quantitative estimate of drug-likeness (QED) is 0.170. The number of hydrogen-bond acceptors (Lipinski definition) is 8. The van der Waals surface area contributed by atoms with Gasteiger partial charge in [-0.05, 0) is 30.3 Å². The predicted molar refractivity (Wildman–Crippen MR) is 138 cm³/mol. The molecule has 0 atom stereocenters. The van der Waals surface area contributed by atoms with Crippen molar-refractivity contribution in [1.29, 1.82) is 0 Å². The Morgan fingerprint density at radius 1 is 1.30 bits per heavy atom. The monoisotopic (exact) mass is 509 g/mol. The molecule has 0 aliphatic carbocycles. The molecule has 1 saturated heterocycles. The van der Waals surface area contributed by atoms with Crippen LogP contribution in [0.5, 0.6) is 11.6 Å². The van der Waals surface area contributed by atoms with Gasteiger partial charge in [0.05, 0.1) is 13.2 Å². The number of fused-ring (bicyclic) bond motifs is 1. The minimum Gasteiger partial charge on any atom is -0.434 e. The molecule has 194 valence electrons. The van der Waals surface area contributed by atoms with Gasteiger partial charge in [0.2, 0.25) is 17.7 Å². The van der Waals surface area contributed by atoms with Crippen LogP contribution in [0.1, 0.15) is 6.42 Å². The molecule has 0 unspecified atom stereocenters. The minimum atomic E-state index is -0.619. The number of carbonyl (C=O) groups excluding carboxylic acids is 1.